The molecule has 2 aromatic rings. The summed E-state index contributed by atoms with van der Waals surface area (Å²) in [5.74, 6) is 1.23. The van der Waals surface area contributed by atoms with Crippen molar-refractivity contribution in [2.45, 2.75) is 19.8 Å². The third kappa shape index (κ3) is 4.52. The van der Waals surface area contributed by atoms with E-state index in [0.717, 1.165) is 5.56 Å². The van der Waals surface area contributed by atoms with Crippen LogP contribution in [-0.4, -0.2) is 32.0 Å². The Morgan fingerprint density at radius 1 is 1.11 bits per heavy atom. The van der Waals surface area contributed by atoms with Crippen LogP contribution in [0.15, 0.2) is 30.3 Å². The molecule has 142 valence electrons. The van der Waals surface area contributed by atoms with Gasteiger partial charge < -0.3 is 19.5 Å². The Morgan fingerprint density at radius 2 is 1.85 bits per heavy atom. The SMILES string of the molecule is COc1cc(Cl)c(C)cc1NC(=O)CCC(=O)c1ccc2c(c1)OCCO2. The minimum atomic E-state index is -0.277. The van der Waals surface area contributed by atoms with Crippen molar-refractivity contribution in [2.24, 2.45) is 0 Å². The van der Waals surface area contributed by atoms with E-state index < -0.39 is 0 Å². The Morgan fingerprint density at radius 3 is 2.59 bits per heavy atom. The van der Waals surface area contributed by atoms with Crippen molar-refractivity contribution in [3.05, 3.63) is 46.5 Å². The van der Waals surface area contributed by atoms with Gasteiger partial charge in [-0.1, -0.05) is 11.6 Å². The van der Waals surface area contributed by atoms with E-state index in [-0.39, 0.29) is 24.5 Å². The second-order valence-corrected chi connectivity index (χ2v) is 6.54. The number of fused-ring (bicyclic) bond motifs is 1. The summed E-state index contributed by atoms with van der Waals surface area (Å²) < 4.78 is 16.2. The zero-order valence-corrected chi connectivity index (χ0v) is 15.9. The first-order valence-corrected chi connectivity index (χ1v) is 8.92. The Hall–Kier alpha value is -2.73. The summed E-state index contributed by atoms with van der Waals surface area (Å²) in [5.41, 5.74) is 1.84. The van der Waals surface area contributed by atoms with Crippen LogP contribution in [0.1, 0.15) is 28.8 Å². The van der Waals surface area contributed by atoms with Crippen LogP contribution < -0.4 is 19.5 Å². The van der Waals surface area contributed by atoms with Gasteiger partial charge in [-0.15, -0.1) is 0 Å². The van der Waals surface area contributed by atoms with Gasteiger partial charge in [0.05, 0.1) is 12.8 Å². The summed E-state index contributed by atoms with van der Waals surface area (Å²) in [6.07, 6.45) is 0.137. The standard InChI is InChI=1S/C20H20ClNO5/c1-12-9-15(18(25-2)11-14(12)21)22-20(24)6-4-16(23)13-3-5-17-19(10-13)27-8-7-26-17/h3,5,9-11H,4,6-8H2,1-2H3,(H,22,24). The van der Waals surface area contributed by atoms with Crippen molar-refractivity contribution in [3.63, 3.8) is 0 Å². The molecule has 6 nitrogen and oxygen atoms in total. The highest BCUT2D eigenvalue weighted by molar-refractivity contribution is 6.31. The van der Waals surface area contributed by atoms with Crippen molar-refractivity contribution >= 4 is 29.0 Å². The molecule has 0 saturated heterocycles. The Bertz CT molecular complexity index is 881. The zero-order chi connectivity index (χ0) is 19.4. The highest BCUT2D eigenvalue weighted by atomic mass is 35.5. The van der Waals surface area contributed by atoms with Gasteiger partial charge in [0.1, 0.15) is 19.0 Å². The van der Waals surface area contributed by atoms with Gasteiger partial charge in [0.15, 0.2) is 17.3 Å². The second-order valence-electron chi connectivity index (χ2n) is 6.13. The molecule has 0 atom stereocenters. The molecule has 0 radical (unpaired) electrons. The molecule has 0 aromatic heterocycles. The molecule has 2 aromatic carbocycles. The van der Waals surface area contributed by atoms with Crippen LogP contribution in [0.3, 0.4) is 0 Å². The smallest absolute Gasteiger partial charge is 0.224 e. The lowest BCUT2D eigenvalue weighted by atomic mass is 10.1. The average Bonchev–Trinajstić information content (AvgIpc) is 2.68. The van der Waals surface area contributed by atoms with Crippen LogP contribution in [0.25, 0.3) is 0 Å². The van der Waals surface area contributed by atoms with E-state index in [1.54, 1.807) is 30.3 Å². The molecular formula is C20H20ClNO5. The number of amides is 1. The van der Waals surface area contributed by atoms with Gasteiger partial charge in [0, 0.05) is 29.5 Å². The highest BCUT2D eigenvalue weighted by Gasteiger charge is 2.16. The van der Waals surface area contributed by atoms with Crippen molar-refractivity contribution in [2.75, 3.05) is 25.6 Å². The molecule has 0 unspecified atom stereocenters. The Labute approximate surface area is 162 Å². The number of nitrogens with one attached hydrogen (secondary N) is 1. The van der Waals surface area contributed by atoms with Crippen LogP contribution in [-0.2, 0) is 4.79 Å². The molecule has 0 spiro atoms. The van der Waals surface area contributed by atoms with Gasteiger partial charge >= 0.3 is 0 Å². The van der Waals surface area contributed by atoms with Gasteiger partial charge in [-0.3, -0.25) is 9.59 Å². The summed E-state index contributed by atoms with van der Waals surface area (Å²) in [5, 5.41) is 3.32. The van der Waals surface area contributed by atoms with Gasteiger partial charge in [-0.05, 0) is 36.8 Å². The molecular weight excluding hydrogens is 370 g/mol. The molecule has 0 fully saturated rings. The number of halogens is 1. The van der Waals surface area contributed by atoms with Crippen LogP contribution >= 0.6 is 11.6 Å². The predicted molar refractivity (Wildman–Crippen MR) is 102 cm³/mol. The average molecular weight is 390 g/mol. The molecule has 7 heteroatoms. The van der Waals surface area contributed by atoms with E-state index in [0.29, 0.717) is 46.7 Å². The lowest BCUT2D eigenvalue weighted by molar-refractivity contribution is -0.116. The second kappa shape index (κ2) is 8.31. The number of rotatable bonds is 6. The van der Waals surface area contributed by atoms with Crippen LogP contribution in [0.4, 0.5) is 5.69 Å². The zero-order valence-electron chi connectivity index (χ0n) is 15.1. The minimum Gasteiger partial charge on any atom is -0.495 e. The number of aryl methyl sites for hydroxylation is 1. The predicted octanol–water partition coefficient (Wildman–Crippen LogP) is 4.03. The van der Waals surface area contributed by atoms with Crippen molar-refractivity contribution in [3.8, 4) is 17.2 Å². The summed E-state index contributed by atoms with van der Waals surface area (Å²) >= 11 is 6.07. The maximum atomic E-state index is 12.4. The number of hydrogen-bond donors (Lipinski definition) is 1. The fourth-order valence-electron chi connectivity index (χ4n) is 2.73. The number of carbonyl (C=O) groups excluding carboxylic acids is 2. The monoisotopic (exact) mass is 389 g/mol. The summed E-state index contributed by atoms with van der Waals surface area (Å²) in [7, 11) is 1.50. The lowest BCUT2D eigenvalue weighted by Gasteiger charge is -2.18. The molecule has 0 aliphatic carbocycles. The molecule has 1 N–H and O–H groups in total. The van der Waals surface area contributed by atoms with Gasteiger partial charge in [-0.2, -0.15) is 0 Å². The van der Waals surface area contributed by atoms with Crippen LogP contribution in [0, 0.1) is 6.92 Å². The number of Topliss-reactive ketones (excluding diaryl/α,β-unsaturated/α-hetero) is 1. The fraction of sp³-hybridized carbons (Fsp3) is 0.300. The first-order chi connectivity index (χ1) is 13.0. The molecule has 1 amide bonds. The number of methoxy groups -OCH3 is 1. The van der Waals surface area contributed by atoms with Crippen molar-refractivity contribution in [1.29, 1.82) is 0 Å². The molecule has 3 rings (SSSR count). The molecule has 1 heterocycles. The maximum absolute atomic E-state index is 12.4. The van der Waals surface area contributed by atoms with Crippen LogP contribution in [0.5, 0.6) is 17.2 Å². The number of hydrogen-bond acceptors (Lipinski definition) is 5. The summed E-state index contributed by atoms with van der Waals surface area (Å²) in [4.78, 5) is 24.6. The third-order valence-electron chi connectivity index (χ3n) is 4.20. The summed E-state index contributed by atoms with van der Waals surface area (Å²) in [6.45, 7) is 2.78. The summed E-state index contributed by atoms with van der Waals surface area (Å²) in [6, 6.07) is 8.43. The largest absolute Gasteiger partial charge is 0.495 e. The number of anilines is 1. The molecule has 0 saturated carbocycles. The highest BCUT2D eigenvalue weighted by Crippen LogP contribution is 2.32. The van der Waals surface area contributed by atoms with E-state index in [1.807, 2.05) is 6.92 Å². The molecule has 1 aliphatic heterocycles. The van der Waals surface area contributed by atoms with E-state index in [2.05, 4.69) is 5.32 Å². The first kappa shape index (κ1) is 19.0. The van der Waals surface area contributed by atoms with E-state index >= 15 is 0 Å². The first-order valence-electron chi connectivity index (χ1n) is 8.55. The Balaban J connectivity index is 1.61. The number of ketones is 1. The topological polar surface area (TPSA) is 73.9 Å². The van der Waals surface area contributed by atoms with Crippen molar-refractivity contribution in [1.82, 2.24) is 0 Å². The van der Waals surface area contributed by atoms with Gasteiger partial charge in [0.2, 0.25) is 5.91 Å². The maximum Gasteiger partial charge on any atom is 0.224 e. The molecule has 27 heavy (non-hydrogen) atoms. The van der Waals surface area contributed by atoms with Gasteiger partial charge in [-0.25, -0.2) is 0 Å². The van der Waals surface area contributed by atoms with Crippen molar-refractivity contribution < 1.29 is 23.8 Å². The fourth-order valence-corrected chi connectivity index (χ4v) is 2.88. The Kier molecular flexibility index (Phi) is 5.86. The quantitative estimate of drug-likeness (QED) is 0.755. The van der Waals surface area contributed by atoms with Gasteiger partial charge in [0.25, 0.3) is 0 Å². The number of carbonyl (C=O) groups is 2. The molecule has 1 aliphatic rings. The number of benzene rings is 2. The van der Waals surface area contributed by atoms with Crippen LogP contribution in [0.2, 0.25) is 5.02 Å². The third-order valence-corrected chi connectivity index (χ3v) is 4.61. The lowest BCUT2D eigenvalue weighted by Crippen LogP contribution is -2.16. The number of ether oxygens (including phenoxy) is 3. The minimum absolute atomic E-state index is 0.0537. The van der Waals surface area contributed by atoms with E-state index in [9.17, 15) is 9.59 Å². The molecule has 0 bridgehead atoms. The van der Waals surface area contributed by atoms with E-state index in [4.69, 9.17) is 25.8 Å². The van der Waals surface area contributed by atoms with E-state index in [1.165, 1.54) is 7.11 Å². The normalized spacial score (nSPS) is 12.4.